The average molecular weight is 267 g/mol. The lowest BCUT2D eigenvalue weighted by molar-refractivity contribution is -0.171. The Hall–Kier alpha value is -1.39. The van der Waals surface area contributed by atoms with Crippen molar-refractivity contribution in [2.45, 2.75) is 52.5 Å². The number of nitrogens with zero attached hydrogens (tertiary/aromatic N) is 1. The second-order valence-electron chi connectivity index (χ2n) is 6.02. The summed E-state index contributed by atoms with van der Waals surface area (Å²) in [6.45, 7) is 5.13. The van der Waals surface area contributed by atoms with Crippen LogP contribution < -0.4 is 0 Å². The number of esters is 1. The van der Waals surface area contributed by atoms with E-state index < -0.39 is 5.41 Å². The summed E-state index contributed by atoms with van der Waals surface area (Å²) in [5.74, 6) is -0.835. The van der Waals surface area contributed by atoms with Crippen molar-refractivity contribution in [2.24, 2.45) is 11.3 Å². The lowest BCUT2D eigenvalue weighted by Gasteiger charge is -2.41. The van der Waals surface area contributed by atoms with Crippen molar-refractivity contribution in [1.29, 1.82) is 0 Å². The van der Waals surface area contributed by atoms with Crippen LogP contribution in [0.4, 0.5) is 0 Å². The van der Waals surface area contributed by atoms with Crippen molar-refractivity contribution in [3.63, 3.8) is 0 Å². The molecule has 0 spiro atoms. The standard InChI is InChI=1S/C14H21NO4/c1-4-14(2,3)13(18)19-8-11(16)15-10-7-5-6-9(10)12(15)17/h9-10H,4-8H2,1-3H3. The number of carbonyl (C=O) groups excluding carboxylic acids is 3. The van der Waals surface area contributed by atoms with Gasteiger partial charge in [-0.3, -0.25) is 19.3 Å². The molecule has 0 aromatic carbocycles. The summed E-state index contributed by atoms with van der Waals surface area (Å²) in [4.78, 5) is 36.7. The lowest BCUT2D eigenvalue weighted by Crippen LogP contribution is -2.61. The summed E-state index contributed by atoms with van der Waals surface area (Å²) < 4.78 is 5.03. The fraction of sp³-hybridized carbons (Fsp3) is 0.786. The monoisotopic (exact) mass is 267 g/mol. The first-order valence-corrected chi connectivity index (χ1v) is 6.91. The first kappa shape index (κ1) is 14.0. The Morgan fingerprint density at radius 3 is 2.68 bits per heavy atom. The molecular weight excluding hydrogens is 246 g/mol. The zero-order valence-electron chi connectivity index (χ0n) is 11.8. The molecule has 1 aliphatic heterocycles. The van der Waals surface area contributed by atoms with Gasteiger partial charge in [-0.1, -0.05) is 13.3 Å². The van der Waals surface area contributed by atoms with Crippen molar-refractivity contribution >= 4 is 17.8 Å². The van der Waals surface area contributed by atoms with Crippen LogP contribution in [0.5, 0.6) is 0 Å². The molecule has 19 heavy (non-hydrogen) atoms. The lowest BCUT2D eigenvalue weighted by atomic mass is 9.90. The Balaban J connectivity index is 1.86. The molecule has 1 saturated carbocycles. The van der Waals surface area contributed by atoms with Crippen molar-refractivity contribution in [2.75, 3.05) is 6.61 Å². The number of hydrogen-bond donors (Lipinski definition) is 0. The van der Waals surface area contributed by atoms with Crippen LogP contribution >= 0.6 is 0 Å². The molecule has 5 heteroatoms. The summed E-state index contributed by atoms with van der Waals surface area (Å²) in [5.41, 5.74) is -0.588. The highest BCUT2D eigenvalue weighted by molar-refractivity contribution is 6.03. The number of likely N-dealkylation sites (tertiary alicyclic amines) is 1. The Morgan fingerprint density at radius 1 is 1.37 bits per heavy atom. The first-order valence-electron chi connectivity index (χ1n) is 6.91. The fourth-order valence-electron chi connectivity index (χ4n) is 2.64. The molecule has 0 bridgehead atoms. The summed E-state index contributed by atoms with van der Waals surface area (Å²) in [7, 11) is 0. The number of β-lactam (4-membered cyclic amide) rings is 1. The minimum atomic E-state index is -0.588. The topological polar surface area (TPSA) is 63.7 Å². The van der Waals surface area contributed by atoms with Crippen LogP contribution in [-0.4, -0.2) is 35.3 Å². The first-order chi connectivity index (χ1) is 8.88. The van der Waals surface area contributed by atoms with Crippen molar-refractivity contribution < 1.29 is 19.1 Å². The highest BCUT2D eigenvalue weighted by Gasteiger charge is 2.52. The van der Waals surface area contributed by atoms with E-state index in [0.29, 0.717) is 6.42 Å². The van der Waals surface area contributed by atoms with Gasteiger partial charge in [0.2, 0.25) is 5.91 Å². The highest BCUT2D eigenvalue weighted by Crippen LogP contribution is 2.40. The quantitative estimate of drug-likeness (QED) is 0.572. The van der Waals surface area contributed by atoms with Gasteiger partial charge in [0.05, 0.1) is 17.4 Å². The SMILES string of the molecule is CCC(C)(C)C(=O)OCC(=O)N1C(=O)C2CCCC21. The van der Waals surface area contributed by atoms with E-state index in [0.717, 1.165) is 19.3 Å². The van der Waals surface area contributed by atoms with Gasteiger partial charge >= 0.3 is 5.97 Å². The maximum atomic E-state index is 11.9. The maximum absolute atomic E-state index is 11.9. The number of amides is 2. The summed E-state index contributed by atoms with van der Waals surface area (Å²) >= 11 is 0. The van der Waals surface area contributed by atoms with Crippen molar-refractivity contribution in [3.8, 4) is 0 Å². The molecule has 2 amide bonds. The molecule has 0 N–H and O–H groups in total. The van der Waals surface area contributed by atoms with Crippen LogP contribution in [0.2, 0.25) is 0 Å². The van der Waals surface area contributed by atoms with Crippen LogP contribution in [0.3, 0.4) is 0 Å². The predicted octanol–water partition coefficient (Wildman–Crippen LogP) is 1.50. The number of imide groups is 1. The van der Waals surface area contributed by atoms with Gasteiger partial charge in [0, 0.05) is 0 Å². The van der Waals surface area contributed by atoms with E-state index in [2.05, 4.69) is 0 Å². The zero-order chi connectivity index (χ0) is 14.2. The predicted molar refractivity (Wildman–Crippen MR) is 68.0 cm³/mol. The van der Waals surface area contributed by atoms with Crippen LogP contribution in [0.15, 0.2) is 0 Å². The maximum Gasteiger partial charge on any atom is 0.312 e. The third-order valence-corrected chi connectivity index (χ3v) is 4.40. The van der Waals surface area contributed by atoms with E-state index >= 15 is 0 Å². The van der Waals surface area contributed by atoms with Gasteiger partial charge in [0.25, 0.3) is 5.91 Å². The van der Waals surface area contributed by atoms with Gasteiger partial charge in [-0.25, -0.2) is 0 Å². The van der Waals surface area contributed by atoms with Crippen molar-refractivity contribution in [3.05, 3.63) is 0 Å². The molecular formula is C14H21NO4. The number of hydrogen-bond acceptors (Lipinski definition) is 4. The minimum Gasteiger partial charge on any atom is -0.455 e. The molecule has 1 heterocycles. The summed E-state index contributed by atoms with van der Waals surface area (Å²) in [5, 5.41) is 0. The van der Waals surface area contributed by atoms with Gasteiger partial charge in [-0.15, -0.1) is 0 Å². The third kappa shape index (κ3) is 2.38. The van der Waals surface area contributed by atoms with E-state index in [9.17, 15) is 14.4 Å². The van der Waals surface area contributed by atoms with E-state index in [-0.39, 0.29) is 36.4 Å². The highest BCUT2D eigenvalue weighted by atomic mass is 16.5. The Kier molecular flexibility index (Phi) is 3.65. The molecule has 5 nitrogen and oxygen atoms in total. The van der Waals surface area contributed by atoms with Crippen molar-refractivity contribution in [1.82, 2.24) is 4.90 Å². The molecule has 1 saturated heterocycles. The zero-order valence-corrected chi connectivity index (χ0v) is 11.8. The van der Waals surface area contributed by atoms with Gasteiger partial charge in [-0.2, -0.15) is 0 Å². The van der Waals surface area contributed by atoms with E-state index in [1.807, 2.05) is 6.92 Å². The molecule has 0 radical (unpaired) electrons. The Bertz CT molecular complexity index is 416. The number of fused-ring (bicyclic) bond motifs is 1. The Labute approximate surface area is 113 Å². The van der Waals surface area contributed by atoms with Gasteiger partial charge in [-0.05, 0) is 33.1 Å². The van der Waals surface area contributed by atoms with E-state index in [1.165, 1.54) is 4.90 Å². The molecule has 2 fully saturated rings. The molecule has 0 aromatic rings. The second-order valence-corrected chi connectivity index (χ2v) is 6.02. The van der Waals surface area contributed by atoms with Crippen LogP contribution in [0, 0.1) is 11.3 Å². The summed E-state index contributed by atoms with van der Waals surface area (Å²) in [6, 6.07) is 0.0536. The molecule has 2 aliphatic rings. The summed E-state index contributed by atoms with van der Waals surface area (Å²) in [6.07, 6.45) is 3.41. The fourth-order valence-corrected chi connectivity index (χ4v) is 2.64. The van der Waals surface area contributed by atoms with Crippen LogP contribution in [0.25, 0.3) is 0 Å². The molecule has 2 unspecified atom stereocenters. The molecule has 1 aliphatic carbocycles. The number of carbonyl (C=O) groups is 3. The largest absolute Gasteiger partial charge is 0.455 e. The van der Waals surface area contributed by atoms with E-state index in [1.54, 1.807) is 13.8 Å². The normalized spacial score (nSPS) is 25.8. The minimum absolute atomic E-state index is 0.0340. The smallest absolute Gasteiger partial charge is 0.312 e. The molecule has 2 atom stereocenters. The molecule has 106 valence electrons. The van der Waals surface area contributed by atoms with Gasteiger partial charge in [0.15, 0.2) is 6.61 Å². The van der Waals surface area contributed by atoms with Crippen LogP contribution in [0.1, 0.15) is 46.5 Å². The number of ether oxygens (including phenoxy) is 1. The molecule has 0 aromatic heterocycles. The van der Waals surface area contributed by atoms with E-state index in [4.69, 9.17) is 4.74 Å². The average Bonchev–Trinajstić information content (AvgIpc) is 2.79. The molecule has 2 rings (SSSR count). The second kappa shape index (κ2) is 4.94. The number of rotatable bonds is 4. The third-order valence-electron chi connectivity index (χ3n) is 4.40. The van der Waals surface area contributed by atoms with Gasteiger partial charge in [0.1, 0.15) is 0 Å². The van der Waals surface area contributed by atoms with Gasteiger partial charge < -0.3 is 4.74 Å². The Morgan fingerprint density at radius 2 is 2.05 bits per heavy atom. The van der Waals surface area contributed by atoms with Crippen LogP contribution in [-0.2, 0) is 19.1 Å².